The van der Waals surface area contributed by atoms with Crippen LogP contribution in [0.4, 0.5) is 0 Å². The SMILES string of the molecule is Cc1ccc(C2=N[C@@H](c3ccc(Cl)cc3)N[C@H](c3cc(Cl)ccc3O)C2)cc1. The van der Waals surface area contributed by atoms with Gasteiger partial charge < -0.3 is 5.11 Å². The second-order valence-electron chi connectivity index (χ2n) is 7.02. The molecule has 28 heavy (non-hydrogen) atoms. The van der Waals surface area contributed by atoms with Crippen LogP contribution in [0.15, 0.2) is 71.7 Å². The van der Waals surface area contributed by atoms with Gasteiger partial charge in [0.25, 0.3) is 0 Å². The molecule has 0 spiro atoms. The average Bonchev–Trinajstić information content (AvgIpc) is 2.70. The van der Waals surface area contributed by atoms with Gasteiger partial charge in [0.1, 0.15) is 11.9 Å². The number of rotatable bonds is 3. The summed E-state index contributed by atoms with van der Waals surface area (Å²) in [7, 11) is 0. The molecule has 4 rings (SSSR count). The highest BCUT2D eigenvalue weighted by Gasteiger charge is 2.27. The van der Waals surface area contributed by atoms with Gasteiger partial charge >= 0.3 is 0 Å². The number of benzene rings is 3. The van der Waals surface area contributed by atoms with Gasteiger partial charge in [-0.15, -0.1) is 0 Å². The van der Waals surface area contributed by atoms with Crippen LogP contribution in [0, 0.1) is 6.92 Å². The molecule has 0 radical (unpaired) electrons. The number of halogens is 2. The molecule has 0 saturated heterocycles. The summed E-state index contributed by atoms with van der Waals surface area (Å²) in [5.74, 6) is 0.224. The molecule has 2 N–H and O–H groups in total. The minimum Gasteiger partial charge on any atom is -0.508 e. The van der Waals surface area contributed by atoms with Crippen molar-refractivity contribution < 1.29 is 5.11 Å². The van der Waals surface area contributed by atoms with Crippen molar-refractivity contribution in [1.29, 1.82) is 0 Å². The quantitative estimate of drug-likeness (QED) is 0.537. The number of aromatic hydroxyl groups is 1. The molecule has 3 aromatic rings. The third kappa shape index (κ3) is 4.07. The third-order valence-electron chi connectivity index (χ3n) is 4.98. The average molecular weight is 411 g/mol. The predicted molar refractivity (Wildman–Crippen MR) is 116 cm³/mol. The molecule has 0 aromatic heterocycles. The van der Waals surface area contributed by atoms with Crippen molar-refractivity contribution in [2.24, 2.45) is 4.99 Å². The maximum absolute atomic E-state index is 10.4. The first kappa shape index (κ1) is 19.0. The monoisotopic (exact) mass is 410 g/mol. The second-order valence-corrected chi connectivity index (χ2v) is 7.90. The van der Waals surface area contributed by atoms with Crippen LogP contribution in [0.1, 0.15) is 40.9 Å². The summed E-state index contributed by atoms with van der Waals surface area (Å²) < 4.78 is 0. The van der Waals surface area contributed by atoms with Crippen LogP contribution in [0.25, 0.3) is 0 Å². The van der Waals surface area contributed by atoms with E-state index in [1.165, 1.54) is 5.56 Å². The lowest BCUT2D eigenvalue weighted by molar-refractivity contribution is 0.413. The van der Waals surface area contributed by atoms with Crippen molar-refractivity contribution in [2.75, 3.05) is 0 Å². The van der Waals surface area contributed by atoms with Crippen LogP contribution < -0.4 is 5.32 Å². The van der Waals surface area contributed by atoms with Crippen molar-refractivity contribution in [3.63, 3.8) is 0 Å². The molecule has 0 saturated carbocycles. The van der Waals surface area contributed by atoms with E-state index in [0.717, 1.165) is 22.4 Å². The van der Waals surface area contributed by atoms with Crippen LogP contribution in [-0.2, 0) is 0 Å². The van der Waals surface area contributed by atoms with Crippen LogP contribution >= 0.6 is 23.2 Å². The molecular weight excluding hydrogens is 391 g/mol. The van der Waals surface area contributed by atoms with E-state index < -0.39 is 0 Å². The fourth-order valence-electron chi connectivity index (χ4n) is 3.45. The van der Waals surface area contributed by atoms with E-state index in [0.29, 0.717) is 16.5 Å². The van der Waals surface area contributed by atoms with Crippen LogP contribution in [0.3, 0.4) is 0 Å². The lowest BCUT2D eigenvalue weighted by atomic mass is 9.93. The molecule has 5 heteroatoms. The van der Waals surface area contributed by atoms with E-state index in [-0.39, 0.29) is 18.0 Å². The molecule has 3 aromatic carbocycles. The van der Waals surface area contributed by atoms with E-state index in [2.05, 4.69) is 36.5 Å². The Kier molecular flexibility index (Phi) is 5.40. The second kappa shape index (κ2) is 7.96. The summed E-state index contributed by atoms with van der Waals surface area (Å²) in [4.78, 5) is 4.96. The highest BCUT2D eigenvalue weighted by atomic mass is 35.5. The van der Waals surface area contributed by atoms with Crippen molar-refractivity contribution in [3.05, 3.63) is 99.0 Å². The first-order valence-electron chi connectivity index (χ1n) is 9.13. The number of nitrogens with one attached hydrogen (secondary N) is 1. The first-order valence-corrected chi connectivity index (χ1v) is 9.89. The maximum Gasteiger partial charge on any atom is 0.126 e. The zero-order valence-corrected chi connectivity index (χ0v) is 16.9. The molecule has 3 nitrogen and oxygen atoms in total. The summed E-state index contributed by atoms with van der Waals surface area (Å²) >= 11 is 12.2. The lowest BCUT2D eigenvalue weighted by Crippen LogP contribution is -2.33. The van der Waals surface area contributed by atoms with Crippen molar-refractivity contribution in [3.8, 4) is 5.75 Å². The molecule has 1 aliphatic rings. The van der Waals surface area contributed by atoms with Gasteiger partial charge in [-0.2, -0.15) is 0 Å². The Morgan fingerprint density at radius 3 is 2.32 bits per heavy atom. The van der Waals surface area contributed by atoms with Gasteiger partial charge in [-0.05, 0) is 48.4 Å². The number of hydrogen-bond acceptors (Lipinski definition) is 3. The Balaban J connectivity index is 1.76. The zero-order chi connectivity index (χ0) is 19.7. The molecule has 1 aliphatic heterocycles. The number of aliphatic imine (C=N–C) groups is 1. The molecule has 0 bridgehead atoms. The Morgan fingerprint density at radius 1 is 0.929 bits per heavy atom. The molecular formula is C23H20Cl2N2O. The van der Waals surface area contributed by atoms with Crippen LogP contribution in [0.5, 0.6) is 5.75 Å². The number of phenols is 1. The third-order valence-corrected chi connectivity index (χ3v) is 5.46. The van der Waals surface area contributed by atoms with Crippen molar-refractivity contribution >= 4 is 28.9 Å². The van der Waals surface area contributed by atoms with Gasteiger partial charge in [-0.25, -0.2) is 0 Å². The topological polar surface area (TPSA) is 44.6 Å². The van der Waals surface area contributed by atoms with Crippen molar-refractivity contribution in [1.82, 2.24) is 5.32 Å². The summed E-state index contributed by atoms with van der Waals surface area (Å²) in [6.07, 6.45) is 0.409. The smallest absolute Gasteiger partial charge is 0.126 e. The van der Waals surface area contributed by atoms with Gasteiger partial charge in [0.15, 0.2) is 0 Å². The molecule has 142 valence electrons. The van der Waals surface area contributed by atoms with Crippen LogP contribution in [0.2, 0.25) is 10.0 Å². The summed E-state index contributed by atoms with van der Waals surface area (Å²) in [5, 5.41) is 15.2. The summed E-state index contributed by atoms with van der Waals surface area (Å²) in [5.41, 5.74) is 5.06. The fourth-order valence-corrected chi connectivity index (χ4v) is 3.75. The van der Waals surface area contributed by atoms with Gasteiger partial charge in [-0.3, -0.25) is 10.3 Å². The largest absolute Gasteiger partial charge is 0.508 e. The number of nitrogens with zero attached hydrogens (tertiary/aromatic N) is 1. The van der Waals surface area contributed by atoms with E-state index in [1.807, 2.05) is 30.3 Å². The van der Waals surface area contributed by atoms with E-state index in [1.54, 1.807) is 12.1 Å². The molecule has 0 aliphatic carbocycles. The van der Waals surface area contributed by atoms with Gasteiger partial charge in [-0.1, -0.05) is 65.2 Å². The molecule has 0 amide bonds. The summed E-state index contributed by atoms with van der Waals surface area (Å²) in [6, 6.07) is 21.0. The predicted octanol–water partition coefficient (Wildman–Crippen LogP) is 6.23. The highest BCUT2D eigenvalue weighted by Crippen LogP contribution is 2.35. The van der Waals surface area contributed by atoms with Crippen LogP contribution in [-0.4, -0.2) is 10.8 Å². The molecule has 0 unspecified atom stereocenters. The molecule has 1 heterocycles. The summed E-state index contributed by atoms with van der Waals surface area (Å²) in [6.45, 7) is 2.07. The molecule has 0 fully saturated rings. The minimum absolute atomic E-state index is 0.117. The number of phenolic OH excluding ortho intramolecular Hbond substituents is 1. The first-order chi connectivity index (χ1) is 13.5. The van der Waals surface area contributed by atoms with E-state index >= 15 is 0 Å². The Morgan fingerprint density at radius 2 is 1.61 bits per heavy atom. The number of aryl methyl sites for hydroxylation is 1. The zero-order valence-electron chi connectivity index (χ0n) is 15.4. The van der Waals surface area contributed by atoms with Gasteiger partial charge in [0.2, 0.25) is 0 Å². The lowest BCUT2D eigenvalue weighted by Gasteiger charge is -2.31. The standard InChI is InChI=1S/C23H20Cl2N2O/c1-14-2-4-15(5-3-14)20-13-21(19-12-18(25)10-11-22(19)28)27-23(26-20)16-6-8-17(24)9-7-16/h2-12,21,23,27-28H,13H2,1H3/t21-,23+/m0/s1. The minimum atomic E-state index is -0.245. The Labute approximate surface area is 174 Å². The van der Waals surface area contributed by atoms with Gasteiger partial charge in [0.05, 0.1) is 0 Å². The maximum atomic E-state index is 10.4. The molecule has 2 atom stereocenters. The number of hydrogen-bond donors (Lipinski definition) is 2. The van der Waals surface area contributed by atoms with Gasteiger partial charge in [0, 0.05) is 33.8 Å². The fraction of sp³-hybridized carbons (Fsp3) is 0.174. The van der Waals surface area contributed by atoms with Crippen molar-refractivity contribution in [2.45, 2.75) is 25.6 Å². The Hall–Kier alpha value is -2.33. The van der Waals surface area contributed by atoms with E-state index in [9.17, 15) is 5.11 Å². The van der Waals surface area contributed by atoms with E-state index in [4.69, 9.17) is 28.2 Å². The highest BCUT2D eigenvalue weighted by molar-refractivity contribution is 6.30. The normalized spacial score (nSPS) is 19.3. The Bertz CT molecular complexity index is 1010.